The van der Waals surface area contributed by atoms with Gasteiger partial charge in [-0.3, -0.25) is 9.05 Å². The van der Waals surface area contributed by atoms with Gasteiger partial charge in [-0.05, 0) is 12.8 Å². The fraction of sp³-hybridized carbons (Fsp3) is 1.00. The fourth-order valence-corrected chi connectivity index (χ4v) is 4.37. The minimum absolute atomic E-state index is 0. The molecule has 0 rings (SSSR count). The summed E-state index contributed by atoms with van der Waals surface area (Å²) in [5, 5.41) is 0. The Labute approximate surface area is 231 Å². The Morgan fingerprint density at radius 1 is 0.533 bits per heavy atom. The van der Waals surface area contributed by atoms with Crippen molar-refractivity contribution in [3.63, 3.8) is 0 Å². The second-order valence-electron chi connectivity index (χ2n) is 8.50. The number of rotatable bonds is 24. The fourth-order valence-electron chi connectivity index (χ4n) is 3.58. The first-order chi connectivity index (χ1) is 14.1. The number of hydrogen-bond donors (Lipinski definition) is 1. The summed E-state index contributed by atoms with van der Waals surface area (Å²) in [6.45, 7) is 5.14. The van der Waals surface area contributed by atoms with Gasteiger partial charge in [-0.25, -0.2) is 4.57 Å². The van der Waals surface area contributed by atoms with E-state index in [1.807, 2.05) is 0 Å². The van der Waals surface area contributed by atoms with E-state index >= 15 is 0 Å². The molecule has 0 radical (unpaired) electrons. The molecule has 0 aliphatic heterocycles. The molecule has 0 aromatic heterocycles. The zero-order chi connectivity index (χ0) is 21.5. The molecule has 0 heterocycles. The normalized spacial score (nSPS) is 11.6. The predicted molar refractivity (Wildman–Crippen MR) is 133 cm³/mol. The summed E-state index contributed by atoms with van der Waals surface area (Å²) in [5.41, 5.74) is 0. The van der Waals surface area contributed by atoms with Crippen molar-refractivity contribution >= 4 is 56.7 Å². The first-order valence-corrected chi connectivity index (χ1v) is 14.2. The SMILES string of the molecule is CCCCCCCCCCCCOP(=O)(O)OCCCCCCCCCCCC.[Ba+2].[H-].[H-]. The molecule has 0 spiro atoms. The molecule has 0 amide bonds. The first-order valence-electron chi connectivity index (χ1n) is 12.7. The van der Waals surface area contributed by atoms with E-state index in [0.717, 1.165) is 25.7 Å². The van der Waals surface area contributed by atoms with Gasteiger partial charge in [0.15, 0.2) is 0 Å². The summed E-state index contributed by atoms with van der Waals surface area (Å²) >= 11 is 0. The van der Waals surface area contributed by atoms with E-state index in [9.17, 15) is 9.46 Å². The van der Waals surface area contributed by atoms with Gasteiger partial charge in [0.2, 0.25) is 0 Å². The zero-order valence-corrected chi connectivity index (χ0v) is 25.7. The maximum atomic E-state index is 11.8. The van der Waals surface area contributed by atoms with Gasteiger partial charge in [0.1, 0.15) is 0 Å². The van der Waals surface area contributed by atoms with E-state index in [1.165, 1.54) is 103 Å². The molecule has 0 atom stereocenters. The van der Waals surface area contributed by atoms with Crippen molar-refractivity contribution < 1.29 is 21.4 Å². The molecule has 0 aromatic rings. The van der Waals surface area contributed by atoms with Gasteiger partial charge in [-0.2, -0.15) is 0 Å². The van der Waals surface area contributed by atoms with Crippen LogP contribution < -0.4 is 0 Å². The van der Waals surface area contributed by atoms with Crippen molar-refractivity contribution in [1.29, 1.82) is 0 Å². The molecule has 6 heteroatoms. The van der Waals surface area contributed by atoms with Crippen molar-refractivity contribution in [3.8, 4) is 0 Å². The van der Waals surface area contributed by atoms with Crippen LogP contribution in [0.4, 0.5) is 0 Å². The molecule has 1 N–H and O–H groups in total. The van der Waals surface area contributed by atoms with Gasteiger partial charge in [-0.1, -0.05) is 129 Å². The van der Waals surface area contributed by atoms with Crippen LogP contribution in [0.5, 0.6) is 0 Å². The largest absolute Gasteiger partial charge is 2.00 e. The third kappa shape index (κ3) is 27.7. The van der Waals surface area contributed by atoms with Gasteiger partial charge >= 0.3 is 56.7 Å². The van der Waals surface area contributed by atoms with Crippen LogP contribution in [0.15, 0.2) is 0 Å². The summed E-state index contributed by atoms with van der Waals surface area (Å²) in [7, 11) is -3.85. The monoisotopic (exact) mass is 574 g/mol. The van der Waals surface area contributed by atoms with Crippen molar-refractivity contribution in [3.05, 3.63) is 0 Å². The van der Waals surface area contributed by atoms with E-state index < -0.39 is 7.82 Å². The molecule has 0 fully saturated rings. The molecule has 0 saturated heterocycles. The van der Waals surface area contributed by atoms with Crippen LogP contribution >= 0.6 is 7.82 Å². The number of hydrogen-bond acceptors (Lipinski definition) is 3. The zero-order valence-electron chi connectivity index (χ0n) is 22.4. The summed E-state index contributed by atoms with van der Waals surface area (Å²) in [4.78, 5) is 9.71. The Hall–Kier alpha value is 1.68. The third-order valence-corrected chi connectivity index (χ3v) is 6.52. The van der Waals surface area contributed by atoms with Gasteiger partial charge in [0, 0.05) is 0 Å². The Bertz CT molecular complexity index is 350. The van der Waals surface area contributed by atoms with Gasteiger partial charge in [-0.15, -0.1) is 0 Å². The van der Waals surface area contributed by atoms with Gasteiger partial charge in [0.25, 0.3) is 0 Å². The average Bonchev–Trinajstić information content (AvgIpc) is 2.70. The molecular formula is C24H53BaO4P. The Morgan fingerprint density at radius 2 is 0.767 bits per heavy atom. The van der Waals surface area contributed by atoms with Crippen LogP contribution in [0.2, 0.25) is 0 Å². The van der Waals surface area contributed by atoms with Crippen molar-refractivity contribution in [2.75, 3.05) is 13.2 Å². The van der Waals surface area contributed by atoms with Crippen molar-refractivity contribution in [2.24, 2.45) is 0 Å². The summed E-state index contributed by atoms with van der Waals surface area (Å²) < 4.78 is 22.0. The molecule has 0 aromatic carbocycles. The molecule has 180 valence electrons. The number of phosphoric ester groups is 1. The van der Waals surface area contributed by atoms with Crippen LogP contribution in [0.3, 0.4) is 0 Å². The van der Waals surface area contributed by atoms with Gasteiger partial charge in [0.05, 0.1) is 13.2 Å². The molecule has 4 nitrogen and oxygen atoms in total. The molecule has 0 unspecified atom stereocenters. The molecule has 30 heavy (non-hydrogen) atoms. The van der Waals surface area contributed by atoms with Crippen molar-refractivity contribution in [1.82, 2.24) is 0 Å². The minimum atomic E-state index is -3.85. The quantitative estimate of drug-likeness (QED) is 0.0712. The summed E-state index contributed by atoms with van der Waals surface area (Å²) in [6.07, 6.45) is 24.8. The van der Waals surface area contributed by atoms with Gasteiger partial charge < -0.3 is 7.75 Å². The smallest absolute Gasteiger partial charge is 1.00 e. The minimum Gasteiger partial charge on any atom is -1.00 e. The Morgan fingerprint density at radius 3 is 1.03 bits per heavy atom. The van der Waals surface area contributed by atoms with Crippen LogP contribution in [-0.4, -0.2) is 67.0 Å². The molecule has 0 saturated carbocycles. The van der Waals surface area contributed by atoms with E-state index in [1.54, 1.807) is 0 Å². The third-order valence-electron chi connectivity index (χ3n) is 5.50. The van der Waals surface area contributed by atoms with Crippen LogP contribution in [0, 0.1) is 0 Å². The average molecular weight is 574 g/mol. The first kappa shape index (κ1) is 33.9. The van der Waals surface area contributed by atoms with E-state index in [4.69, 9.17) is 9.05 Å². The Kier molecular flexibility index (Phi) is 30.4. The van der Waals surface area contributed by atoms with E-state index in [2.05, 4.69) is 13.8 Å². The molecule has 0 aliphatic carbocycles. The number of unbranched alkanes of at least 4 members (excludes halogenated alkanes) is 18. The van der Waals surface area contributed by atoms with E-state index in [0.29, 0.717) is 13.2 Å². The second-order valence-corrected chi connectivity index (χ2v) is 9.95. The summed E-state index contributed by atoms with van der Waals surface area (Å²) in [5.74, 6) is 0. The number of phosphoric acid groups is 1. The van der Waals surface area contributed by atoms with Crippen molar-refractivity contribution in [2.45, 2.75) is 142 Å². The second kappa shape index (κ2) is 26.9. The summed E-state index contributed by atoms with van der Waals surface area (Å²) in [6, 6.07) is 0. The van der Waals surface area contributed by atoms with Crippen LogP contribution in [0.1, 0.15) is 145 Å². The maximum Gasteiger partial charge on any atom is 2.00 e. The Balaban J connectivity index is -0.00000131. The predicted octanol–water partition coefficient (Wildman–Crippen LogP) is 8.81. The molecule has 0 bridgehead atoms. The maximum absolute atomic E-state index is 11.8. The molecule has 0 aliphatic rings. The van der Waals surface area contributed by atoms with Crippen LogP contribution in [0.25, 0.3) is 0 Å². The molecular weight excluding hydrogens is 521 g/mol. The van der Waals surface area contributed by atoms with Crippen LogP contribution in [-0.2, 0) is 13.6 Å². The topological polar surface area (TPSA) is 55.8 Å². The van der Waals surface area contributed by atoms with E-state index in [-0.39, 0.29) is 51.7 Å². The standard InChI is InChI=1S/C24H51O4P.Ba.2H/c1-3-5-7-9-11-13-15-17-19-21-23-27-29(25,26)28-24-22-20-18-16-14-12-10-8-6-4-2;;;/h3-24H2,1-2H3,(H,25,26);;;/q;+2;2*-1.